The SMILES string of the molecule is N=C(Br)c1cc([N+](=O)[O-])c([N+](=O)[O-])cc1N. The Morgan fingerprint density at radius 3 is 2.06 bits per heavy atom. The second-order valence-electron chi connectivity index (χ2n) is 2.76. The second kappa shape index (κ2) is 4.23. The minimum atomic E-state index is -0.893. The first-order valence-electron chi connectivity index (χ1n) is 3.81. The zero-order chi connectivity index (χ0) is 12.5. The highest BCUT2D eigenvalue weighted by atomic mass is 79.9. The van der Waals surface area contributed by atoms with Crippen LogP contribution in [0.4, 0.5) is 17.1 Å². The number of nitro groups is 2. The molecule has 8 nitrogen and oxygen atoms in total. The molecule has 0 amide bonds. The molecule has 9 heteroatoms. The van der Waals surface area contributed by atoms with Gasteiger partial charge in [-0.25, -0.2) is 0 Å². The molecule has 84 valence electrons. The summed E-state index contributed by atoms with van der Waals surface area (Å²) in [5.74, 6) is 0. The maximum atomic E-state index is 10.6. The number of hydrogen-bond acceptors (Lipinski definition) is 6. The van der Waals surface area contributed by atoms with Crippen LogP contribution in [0.15, 0.2) is 12.1 Å². The van der Waals surface area contributed by atoms with E-state index in [4.69, 9.17) is 11.1 Å². The minimum Gasteiger partial charge on any atom is -0.398 e. The molecule has 0 saturated heterocycles. The van der Waals surface area contributed by atoms with Crippen molar-refractivity contribution in [3.8, 4) is 0 Å². The summed E-state index contributed by atoms with van der Waals surface area (Å²) in [6.45, 7) is 0. The normalized spacial score (nSPS) is 9.81. The smallest absolute Gasteiger partial charge is 0.348 e. The molecule has 0 aromatic heterocycles. The fourth-order valence-corrected chi connectivity index (χ4v) is 1.42. The number of nitrogens with two attached hydrogens (primary N) is 1. The van der Waals surface area contributed by atoms with Gasteiger partial charge in [-0.15, -0.1) is 0 Å². The minimum absolute atomic E-state index is 0.0392. The molecule has 0 aliphatic carbocycles. The molecule has 1 aromatic rings. The lowest BCUT2D eigenvalue weighted by Crippen LogP contribution is -2.03. The van der Waals surface area contributed by atoms with E-state index in [1.54, 1.807) is 0 Å². The van der Waals surface area contributed by atoms with Crippen LogP contribution in [0.25, 0.3) is 0 Å². The predicted molar refractivity (Wildman–Crippen MR) is 59.9 cm³/mol. The first-order valence-corrected chi connectivity index (χ1v) is 4.60. The molecule has 3 N–H and O–H groups in total. The average molecular weight is 289 g/mol. The van der Waals surface area contributed by atoms with Crippen LogP contribution in [0.1, 0.15) is 5.56 Å². The van der Waals surface area contributed by atoms with E-state index in [0.717, 1.165) is 12.1 Å². The zero-order valence-electron chi connectivity index (χ0n) is 7.64. The van der Waals surface area contributed by atoms with Crippen molar-refractivity contribution >= 4 is 37.6 Å². The van der Waals surface area contributed by atoms with Gasteiger partial charge >= 0.3 is 11.4 Å². The van der Waals surface area contributed by atoms with E-state index >= 15 is 0 Å². The van der Waals surface area contributed by atoms with Crippen molar-refractivity contribution in [1.82, 2.24) is 0 Å². The van der Waals surface area contributed by atoms with Crippen molar-refractivity contribution in [3.63, 3.8) is 0 Å². The third kappa shape index (κ3) is 2.14. The summed E-state index contributed by atoms with van der Waals surface area (Å²) in [5, 5.41) is 28.4. The van der Waals surface area contributed by atoms with E-state index in [1.165, 1.54) is 0 Å². The van der Waals surface area contributed by atoms with Crippen LogP contribution in [0.5, 0.6) is 0 Å². The molecule has 0 heterocycles. The van der Waals surface area contributed by atoms with E-state index in [1.807, 2.05) is 0 Å². The Morgan fingerprint density at radius 2 is 1.69 bits per heavy atom. The number of halogens is 1. The Bertz CT molecular complexity index is 501. The van der Waals surface area contributed by atoms with Crippen LogP contribution in [0.2, 0.25) is 0 Å². The number of nitrogens with one attached hydrogen (secondary N) is 1. The van der Waals surface area contributed by atoms with Crippen LogP contribution >= 0.6 is 15.9 Å². The van der Waals surface area contributed by atoms with Gasteiger partial charge in [0.15, 0.2) is 0 Å². The van der Waals surface area contributed by atoms with Crippen LogP contribution in [0, 0.1) is 25.6 Å². The van der Waals surface area contributed by atoms with Crippen LogP contribution in [0.3, 0.4) is 0 Å². The first kappa shape index (κ1) is 12.0. The van der Waals surface area contributed by atoms with Gasteiger partial charge in [-0.1, -0.05) is 0 Å². The van der Waals surface area contributed by atoms with E-state index in [9.17, 15) is 20.2 Å². The number of hydrogen-bond donors (Lipinski definition) is 2. The van der Waals surface area contributed by atoms with Crippen molar-refractivity contribution in [2.45, 2.75) is 0 Å². The van der Waals surface area contributed by atoms with Gasteiger partial charge in [0.2, 0.25) is 0 Å². The van der Waals surface area contributed by atoms with E-state index in [0.29, 0.717) is 0 Å². The van der Waals surface area contributed by atoms with Crippen molar-refractivity contribution in [2.75, 3.05) is 5.73 Å². The highest BCUT2D eigenvalue weighted by Gasteiger charge is 2.26. The third-order valence-corrected chi connectivity index (χ3v) is 2.20. The maximum absolute atomic E-state index is 10.6. The van der Waals surface area contributed by atoms with E-state index < -0.39 is 21.2 Å². The molecular formula is C7H5BrN4O4. The van der Waals surface area contributed by atoms with Gasteiger partial charge in [-0.2, -0.15) is 0 Å². The van der Waals surface area contributed by atoms with Crippen LogP contribution < -0.4 is 5.73 Å². The van der Waals surface area contributed by atoms with Gasteiger partial charge in [0.05, 0.1) is 9.85 Å². The van der Waals surface area contributed by atoms with Gasteiger partial charge in [0.1, 0.15) is 4.62 Å². The lowest BCUT2D eigenvalue weighted by molar-refractivity contribution is -0.422. The Hall–Kier alpha value is -2.03. The van der Waals surface area contributed by atoms with E-state index in [2.05, 4.69) is 15.9 Å². The Labute approximate surface area is 97.0 Å². The number of nitrogen functional groups attached to an aromatic ring is 1. The van der Waals surface area contributed by atoms with Gasteiger partial charge in [0.25, 0.3) is 0 Å². The molecule has 0 aliphatic rings. The molecule has 1 rings (SSSR count). The zero-order valence-corrected chi connectivity index (χ0v) is 9.22. The molecule has 0 radical (unpaired) electrons. The molecule has 0 saturated carbocycles. The number of rotatable bonds is 3. The van der Waals surface area contributed by atoms with Crippen molar-refractivity contribution in [3.05, 3.63) is 37.9 Å². The monoisotopic (exact) mass is 288 g/mol. The molecule has 0 unspecified atom stereocenters. The van der Waals surface area contributed by atoms with Gasteiger partial charge in [-0.3, -0.25) is 25.6 Å². The Balaban J connectivity index is 3.55. The summed E-state index contributed by atoms with van der Waals surface area (Å²) in [4.78, 5) is 19.3. The molecular weight excluding hydrogens is 284 g/mol. The highest BCUT2D eigenvalue weighted by Crippen LogP contribution is 2.32. The van der Waals surface area contributed by atoms with Gasteiger partial charge in [-0.05, 0) is 15.9 Å². The lowest BCUT2D eigenvalue weighted by Gasteiger charge is -2.02. The standard InChI is InChI=1S/C7H5BrN4O4/c8-7(10)3-1-5(11(13)14)6(12(15)16)2-4(3)9/h1-2,10H,9H2. The largest absolute Gasteiger partial charge is 0.398 e. The topological polar surface area (TPSA) is 136 Å². The quantitative estimate of drug-likeness (QED) is 0.378. The molecule has 0 fully saturated rings. The first-order chi connectivity index (χ1) is 7.34. The summed E-state index contributed by atoms with van der Waals surface area (Å²) >= 11 is 2.79. The van der Waals surface area contributed by atoms with Crippen molar-refractivity contribution in [2.24, 2.45) is 0 Å². The van der Waals surface area contributed by atoms with Crippen molar-refractivity contribution in [1.29, 1.82) is 5.41 Å². The number of nitro benzene ring substituents is 2. The number of anilines is 1. The highest BCUT2D eigenvalue weighted by molar-refractivity contribution is 9.18. The van der Waals surface area contributed by atoms with Crippen molar-refractivity contribution < 1.29 is 9.85 Å². The van der Waals surface area contributed by atoms with Crippen LogP contribution in [-0.4, -0.2) is 14.5 Å². The van der Waals surface area contributed by atoms with Gasteiger partial charge in [0, 0.05) is 23.4 Å². The molecule has 0 spiro atoms. The van der Waals surface area contributed by atoms with Gasteiger partial charge < -0.3 is 5.73 Å². The molecule has 0 bridgehead atoms. The number of benzene rings is 1. The number of nitrogens with zero attached hydrogens (tertiary/aromatic N) is 2. The molecule has 16 heavy (non-hydrogen) atoms. The Morgan fingerprint density at radius 1 is 1.25 bits per heavy atom. The summed E-state index contributed by atoms with van der Waals surface area (Å²) in [7, 11) is 0. The lowest BCUT2D eigenvalue weighted by atomic mass is 10.1. The fraction of sp³-hybridized carbons (Fsp3) is 0. The summed E-state index contributed by atoms with van der Waals surface area (Å²) in [5.41, 5.74) is 4.01. The average Bonchev–Trinajstić information content (AvgIpc) is 2.15. The second-order valence-corrected chi connectivity index (χ2v) is 3.55. The summed E-state index contributed by atoms with van der Waals surface area (Å²) < 4.78 is -0.178. The fourth-order valence-electron chi connectivity index (χ4n) is 1.08. The molecule has 1 aromatic carbocycles. The summed E-state index contributed by atoms with van der Waals surface area (Å²) in [6.07, 6.45) is 0. The molecule has 0 atom stereocenters. The van der Waals surface area contributed by atoms with Crippen LogP contribution in [-0.2, 0) is 0 Å². The van der Waals surface area contributed by atoms with E-state index in [-0.39, 0.29) is 15.9 Å². The predicted octanol–water partition coefficient (Wildman–Crippen LogP) is 1.81. The maximum Gasteiger partial charge on any atom is 0.348 e. The molecule has 0 aliphatic heterocycles. The summed E-state index contributed by atoms with van der Waals surface area (Å²) in [6, 6.07) is 1.76. The third-order valence-electron chi connectivity index (χ3n) is 1.78. The Kier molecular flexibility index (Phi) is 3.18.